The first-order valence-corrected chi connectivity index (χ1v) is 13.5. The second-order valence-electron chi connectivity index (χ2n) is 11.1. The lowest BCUT2D eigenvalue weighted by Gasteiger charge is -2.53. The van der Waals surface area contributed by atoms with Crippen molar-refractivity contribution in [1.29, 1.82) is 0 Å². The standard InChI is InChI=1S/C27H28ClN5O4/c28-18-10-29-23(30-11-18)17-12-32(13-17)21-3-1-2-4-22(21)37-19-5-6-20-15(7-19)14-33(25(20)35)27-8-16(9-27)24(34)31-26(27)36/h5-7,10-11,16-17,21-22H,1-4,8-9,12-14H2,(H,31,34,36)/t16?,21-,22-,27?/m0/s1. The number of piperidine rings is 2. The third-order valence-electron chi connectivity index (χ3n) is 8.94. The van der Waals surface area contributed by atoms with Crippen molar-refractivity contribution in [3.63, 3.8) is 0 Å². The number of rotatable bonds is 5. The van der Waals surface area contributed by atoms with Gasteiger partial charge in [0.25, 0.3) is 11.8 Å². The van der Waals surface area contributed by atoms with E-state index in [1.807, 2.05) is 18.2 Å². The molecule has 1 aromatic carbocycles. The lowest BCUT2D eigenvalue weighted by molar-refractivity contribution is -0.160. The Balaban J connectivity index is 1.03. The number of hydrogen-bond donors (Lipinski definition) is 1. The summed E-state index contributed by atoms with van der Waals surface area (Å²) in [7, 11) is 0. The summed E-state index contributed by atoms with van der Waals surface area (Å²) >= 11 is 5.93. The average Bonchev–Trinajstić information content (AvgIpc) is 3.15. The number of carbonyl (C=O) groups excluding carboxylic acids is 3. The fourth-order valence-electron chi connectivity index (χ4n) is 6.80. The van der Waals surface area contributed by atoms with Crippen molar-refractivity contribution in [2.75, 3.05) is 13.1 Å². The van der Waals surface area contributed by atoms with E-state index < -0.39 is 5.54 Å². The highest BCUT2D eigenvalue weighted by atomic mass is 35.5. The predicted molar refractivity (Wildman–Crippen MR) is 133 cm³/mol. The van der Waals surface area contributed by atoms with Gasteiger partial charge in [-0.05, 0) is 55.9 Å². The maximum Gasteiger partial charge on any atom is 0.255 e. The van der Waals surface area contributed by atoms with Crippen LogP contribution in [-0.4, -0.2) is 68.3 Å². The van der Waals surface area contributed by atoms with Gasteiger partial charge in [-0.1, -0.05) is 18.0 Å². The molecule has 0 radical (unpaired) electrons. The summed E-state index contributed by atoms with van der Waals surface area (Å²) in [6.45, 7) is 2.18. The average molecular weight is 522 g/mol. The molecule has 2 bridgehead atoms. The van der Waals surface area contributed by atoms with E-state index >= 15 is 0 Å². The Morgan fingerprint density at radius 2 is 1.78 bits per heavy atom. The normalized spacial score (nSPS) is 31.4. The summed E-state index contributed by atoms with van der Waals surface area (Å²) in [5.41, 5.74) is 0.594. The second kappa shape index (κ2) is 8.49. The fourth-order valence-corrected chi connectivity index (χ4v) is 6.90. The molecule has 3 saturated heterocycles. The zero-order chi connectivity index (χ0) is 25.3. The van der Waals surface area contributed by atoms with Crippen molar-refractivity contribution in [1.82, 2.24) is 25.1 Å². The van der Waals surface area contributed by atoms with Crippen LogP contribution in [0, 0.1) is 5.92 Å². The van der Waals surface area contributed by atoms with Crippen LogP contribution in [0.2, 0.25) is 5.02 Å². The number of hydrogen-bond acceptors (Lipinski definition) is 7. The van der Waals surface area contributed by atoms with Crippen LogP contribution < -0.4 is 10.1 Å². The highest BCUT2D eigenvalue weighted by molar-refractivity contribution is 6.30. The molecule has 8 rings (SSSR count). The quantitative estimate of drug-likeness (QED) is 0.603. The monoisotopic (exact) mass is 521 g/mol. The van der Waals surface area contributed by atoms with E-state index in [1.54, 1.807) is 17.3 Å². The maximum absolute atomic E-state index is 13.2. The van der Waals surface area contributed by atoms with Gasteiger partial charge >= 0.3 is 0 Å². The second-order valence-corrected chi connectivity index (χ2v) is 11.5. The van der Waals surface area contributed by atoms with Gasteiger partial charge in [-0.3, -0.25) is 24.6 Å². The first kappa shape index (κ1) is 23.1. The molecule has 5 fully saturated rings. The summed E-state index contributed by atoms with van der Waals surface area (Å²) in [6.07, 6.45) is 8.62. The molecule has 1 N–H and O–H groups in total. The van der Waals surface area contributed by atoms with Crippen LogP contribution in [0.15, 0.2) is 30.6 Å². The van der Waals surface area contributed by atoms with Crippen LogP contribution in [-0.2, 0) is 16.1 Å². The Bertz CT molecular complexity index is 1290. The summed E-state index contributed by atoms with van der Waals surface area (Å²) < 4.78 is 6.55. The molecule has 0 unspecified atom stereocenters. The van der Waals surface area contributed by atoms with Crippen molar-refractivity contribution in [2.24, 2.45) is 5.92 Å². The molecule has 37 heavy (non-hydrogen) atoms. The minimum atomic E-state index is -0.897. The summed E-state index contributed by atoms with van der Waals surface area (Å²) in [5.74, 6) is 1.03. The summed E-state index contributed by atoms with van der Waals surface area (Å²) in [6, 6.07) is 5.98. The molecule has 10 heteroatoms. The molecular weight excluding hydrogens is 494 g/mol. The highest BCUT2D eigenvalue weighted by Gasteiger charge is 2.63. The molecule has 9 nitrogen and oxygen atoms in total. The lowest BCUT2D eigenvalue weighted by Crippen LogP contribution is -2.73. The third-order valence-corrected chi connectivity index (χ3v) is 9.13. The molecule has 2 atom stereocenters. The minimum Gasteiger partial charge on any atom is -0.489 e. The van der Waals surface area contributed by atoms with Crippen LogP contribution in [0.4, 0.5) is 0 Å². The van der Waals surface area contributed by atoms with E-state index in [9.17, 15) is 14.4 Å². The van der Waals surface area contributed by atoms with E-state index in [-0.39, 0.29) is 29.7 Å². The molecule has 2 saturated carbocycles. The minimum absolute atomic E-state index is 0.0770. The number of fused-ring (bicyclic) bond motifs is 3. The van der Waals surface area contributed by atoms with Crippen molar-refractivity contribution >= 4 is 29.3 Å². The van der Waals surface area contributed by atoms with Gasteiger partial charge in [-0.25, -0.2) is 9.97 Å². The topological polar surface area (TPSA) is 105 Å². The molecule has 1 aromatic heterocycles. The van der Waals surface area contributed by atoms with E-state index in [2.05, 4.69) is 20.2 Å². The Morgan fingerprint density at radius 1 is 1.03 bits per heavy atom. The molecule has 2 aromatic rings. The van der Waals surface area contributed by atoms with Crippen molar-refractivity contribution in [3.05, 3.63) is 52.6 Å². The van der Waals surface area contributed by atoms with E-state index in [4.69, 9.17) is 16.3 Å². The van der Waals surface area contributed by atoms with Crippen LogP contribution in [0.25, 0.3) is 0 Å². The first-order chi connectivity index (χ1) is 17.9. The zero-order valence-corrected chi connectivity index (χ0v) is 21.1. The number of amides is 3. The Kier molecular flexibility index (Phi) is 5.30. The molecule has 192 valence electrons. The molecule has 4 aliphatic heterocycles. The van der Waals surface area contributed by atoms with Gasteiger partial charge in [0.1, 0.15) is 23.2 Å². The smallest absolute Gasteiger partial charge is 0.255 e. The number of likely N-dealkylation sites (tertiary alicyclic amines) is 1. The van der Waals surface area contributed by atoms with E-state index in [1.165, 1.54) is 6.42 Å². The molecule has 3 amide bonds. The molecule has 5 heterocycles. The number of aromatic nitrogens is 2. The summed E-state index contributed by atoms with van der Waals surface area (Å²) in [5, 5.41) is 2.99. The van der Waals surface area contributed by atoms with Crippen molar-refractivity contribution in [2.45, 2.75) is 68.7 Å². The molecule has 2 aliphatic carbocycles. The van der Waals surface area contributed by atoms with Gasteiger partial charge in [-0.2, -0.15) is 0 Å². The van der Waals surface area contributed by atoms with E-state index in [0.717, 1.165) is 49.5 Å². The number of nitrogens with one attached hydrogen (secondary N) is 1. The van der Waals surface area contributed by atoms with Crippen LogP contribution in [0.3, 0.4) is 0 Å². The maximum atomic E-state index is 13.2. The molecular formula is C27H28ClN5O4. The number of nitrogens with zero attached hydrogens (tertiary/aromatic N) is 4. The van der Waals surface area contributed by atoms with Crippen LogP contribution >= 0.6 is 11.6 Å². The number of imide groups is 1. The van der Waals surface area contributed by atoms with Gasteiger partial charge in [0, 0.05) is 55.5 Å². The number of ether oxygens (including phenoxy) is 1. The van der Waals surface area contributed by atoms with Crippen LogP contribution in [0.1, 0.15) is 66.2 Å². The largest absolute Gasteiger partial charge is 0.489 e. The Labute approximate surface area is 219 Å². The first-order valence-electron chi connectivity index (χ1n) is 13.1. The molecule has 6 aliphatic rings. The lowest BCUT2D eigenvalue weighted by atomic mass is 9.63. The Morgan fingerprint density at radius 3 is 2.54 bits per heavy atom. The van der Waals surface area contributed by atoms with Gasteiger partial charge in [0.15, 0.2) is 0 Å². The van der Waals surface area contributed by atoms with Crippen LogP contribution in [0.5, 0.6) is 5.75 Å². The predicted octanol–water partition coefficient (Wildman–Crippen LogP) is 2.68. The zero-order valence-electron chi connectivity index (χ0n) is 20.4. The highest BCUT2D eigenvalue weighted by Crippen LogP contribution is 2.49. The van der Waals surface area contributed by atoms with Crippen molar-refractivity contribution in [3.8, 4) is 5.75 Å². The molecule has 0 spiro atoms. The number of carbonyl (C=O) groups is 3. The Hall–Kier alpha value is -3.04. The van der Waals surface area contributed by atoms with E-state index in [0.29, 0.717) is 41.9 Å². The SMILES string of the molecule is O=C1NC(=O)C2(N3Cc4cc(O[C@H]5CCCC[C@@H]5N5CC(c6ncc(Cl)cn6)C5)ccc4C3=O)CC1C2. The number of halogens is 1. The summed E-state index contributed by atoms with van der Waals surface area (Å²) in [4.78, 5) is 50.6. The van der Waals surface area contributed by atoms with Gasteiger partial charge in [0.05, 0.1) is 5.02 Å². The van der Waals surface area contributed by atoms with Crippen molar-refractivity contribution < 1.29 is 19.1 Å². The van der Waals surface area contributed by atoms with Gasteiger partial charge in [-0.15, -0.1) is 0 Å². The fraction of sp³-hybridized carbons (Fsp3) is 0.519. The number of benzene rings is 1. The van der Waals surface area contributed by atoms with Gasteiger partial charge in [0.2, 0.25) is 5.91 Å². The third kappa shape index (κ3) is 3.66. The van der Waals surface area contributed by atoms with Gasteiger partial charge < -0.3 is 9.64 Å².